The maximum atomic E-state index is 12.2. The minimum absolute atomic E-state index is 0.0416. The maximum Gasteiger partial charge on any atom is 0.255 e. The van der Waals surface area contributed by atoms with Crippen LogP contribution in [0.25, 0.3) is 0 Å². The van der Waals surface area contributed by atoms with Crippen molar-refractivity contribution in [1.29, 1.82) is 0 Å². The molecule has 128 valence electrons. The highest BCUT2D eigenvalue weighted by Crippen LogP contribution is 2.26. The Bertz CT molecular complexity index is 554. The summed E-state index contributed by atoms with van der Waals surface area (Å²) in [6.45, 7) is 2.67. The topological polar surface area (TPSA) is 72.8 Å². The zero-order valence-electron chi connectivity index (χ0n) is 12.9. The van der Waals surface area contributed by atoms with E-state index in [0.29, 0.717) is 15.7 Å². The van der Waals surface area contributed by atoms with E-state index < -0.39 is 0 Å². The first-order chi connectivity index (χ1) is 11.0. The molecule has 0 saturated carbocycles. The van der Waals surface area contributed by atoms with Crippen LogP contribution in [-0.4, -0.2) is 53.3 Å². The highest BCUT2D eigenvalue weighted by atomic mass is 127. The van der Waals surface area contributed by atoms with Crippen LogP contribution in [0.2, 0.25) is 0 Å². The summed E-state index contributed by atoms with van der Waals surface area (Å²) in [4.78, 5) is 14.5. The number of rotatable bonds is 6. The van der Waals surface area contributed by atoms with Gasteiger partial charge in [0.15, 0.2) is 0 Å². The number of halogens is 2. The largest absolute Gasteiger partial charge is 0.506 e. The molecule has 7 heteroatoms. The number of benzene rings is 1. The number of carbonyl (C=O) groups excluding carboxylic acids is 1. The van der Waals surface area contributed by atoms with Crippen molar-refractivity contribution in [2.24, 2.45) is 0 Å². The van der Waals surface area contributed by atoms with Crippen molar-refractivity contribution in [2.75, 3.05) is 26.2 Å². The molecule has 5 nitrogen and oxygen atoms in total. The van der Waals surface area contributed by atoms with Gasteiger partial charge in [0.05, 0.1) is 15.7 Å². The number of nitrogens with one attached hydrogen (secondary N) is 1. The average Bonchev–Trinajstić information content (AvgIpc) is 2.55. The molecule has 0 aliphatic carbocycles. The van der Waals surface area contributed by atoms with Crippen molar-refractivity contribution >= 4 is 51.1 Å². The number of phenolic OH excluding ortho intramolecular Hbond substituents is 1. The molecule has 1 unspecified atom stereocenters. The molecule has 0 aromatic heterocycles. The first-order valence-electron chi connectivity index (χ1n) is 7.84. The second-order valence-corrected chi connectivity index (χ2v) is 8.17. The smallest absolute Gasteiger partial charge is 0.255 e. The lowest BCUT2D eigenvalue weighted by atomic mass is 10.0. The van der Waals surface area contributed by atoms with Crippen molar-refractivity contribution in [3.05, 3.63) is 24.8 Å². The van der Waals surface area contributed by atoms with Gasteiger partial charge in [-0.3, -0.25) is 9.69 Å². The fourth-order valence-corrected chi connectivity index (χ4v) is 4.72. The number of likely N-dealkylation sites (tertiary alicyclic amines) is 1. The summed E-state index contributed by atoms with van der Waals surface area (Å²) in [6, 6.07) is 3.79. The Morgan fingerprint density at radius 3 is 2.87 bits per heavy atom. The second-order valence-electron chi connectivity index (χ2n) is 5.76. The Morgan fingerprint density at radius 2 is 2.13 bits per heavy atom. The first kappa shape index (κ1) is 19.2. The molecule has 1 aliphatic rings. The van der Waals surface area contributed by atoms with Crippen molar-refractivity contribution in [3.63, 3.8) is 0 Å². The van der Waals surface area contributed by atoms with Gasteiger partial charge in [-0.25, -0.2) is 0 Å². The third-order valence-corrected chi connectivity index (χ3v) is 5.59. The number of phenols is 1. The lowest BCUT2D eigenvalue weighted by Crippen LogP contribution is -2.43. The molecule has 1 aromatic rings. The van der Waals surface area contributed by atoms with E-state index in [4.69, 9.17) is 0 Å². The van der Waals surface area contributed by atoms with E-state index in [0.717, 1.165) is 29.5 Å². The lowest BCUT2D eigenvalue weighted by molar-refractivity contribution is 0.0867. The van der Waals surface area contributed by atoms with Gasteiger partial charge < -0.3 is 15.5 Å². The fraction of sp³-hybridized carbons (Fsp3) is 0.562. The van der Waals surface area contributed by atoms with Crippen LogP contribution in [0.3, 0.4) is 0 Å². The van der Waals surface area contributed by atoms with Crippen LogP contribution in [0.15, 0.2) is 12.1 Å². The van der Waals surface area contributed by atoms with E-state index in [2.05, 4.69) is 32.8 Å². The van der Waals surface area contributed by atoms with E-state index in [9.17, 15) is 15.0 Å². The number of nitrogens with zero attached hydrogens (tertiary/aromatic N) is 1. The summed E-state index contributed by atoms with van der Waals surface area (Å²) in [6.07, 6.45) is 4.25. The van der Waals surface area contributed by atoms with Gasteiger partial charge in [-0.15, -0.1) is 0 Å². The normalized spacial score (nSPS) is 18.8. The highest BCUT2D eigenvalue weighted by molar-refractivity contribution is 14.1. The fourth-order valence-electron chi connectivity index (χ4n) is 2.88. The molecule has 1 amide bonds. The minimum atomic E-state index is -0.240. The molecule has 1 aromatic carbocycles. The molecular weight excluding hydrogens is 522 g/mol. The maximum absolute atomic E-state index is 12.2. The third kappa shape index (κ3) is 5.43. The number of piperidine rings is 1. The summed E-state index contributed by atoms with van der Waals surface area (Å²) in [5, 5.41) is 22.3. The van der Waals surface area contributed by atoms with E-state index in [1.165, 1.54) is 12.8 Å². The number of aromatic hydroxyl groups is 1. The first-order valence-corrected chi connectivity index (χ1v) is 9.99. The molecule has 1 saturated heterocycles. The van der Waals surface area contributed by atoms with Gasteiger partial charge in [0.25, 0.3) is 5.91 Å². The van der Waals surface area contributed by atoms with Gasteiger partial charge in [0, 0.05) is 22.7 Å². The molecule has 1 heterocycles. The van der Waals surface area contributed by atoms with E-state index in [-0.39, 0.29) is 24.3 Å². The van der Waals surface area contributed by atoms with Crippen LogP contribution in [0.1, 0.15) is 36.0 Å². The Balaban J connectivity index is 1.81. The van der Waals surface area contributed by atoms with Crippen molar-refractivity contribution < 1.29 is 15.0 Å². The minimum Gasteiger partial charge on any atom is -0.506 e. The number of hydrogen-bond acceptors (Lipinski definition) is 4. The quantitative estimate of drug-likeness (QED) is 0.381. The van der Waals surface area contributed by atoms with Crippen molar-refractivity contribution in [1.82, 2.24) is 10.2 Å². The summed E-state index contributed by atoms with van der Waals surface area (Å²) >= 11 is 4.16. The summed E-state index contributed by atoms with van der Waals surface area (Å²) < 4.78 is 1.60. The standard InChI is InChI=1S/C16H22I2N2O3/c17-11-8-13(15(22)14(18)9-11)16(23)19-5-3-7-20-6-2-1-4-12(20)10-21/h8-9,12,21-22H,1-7,10H2,(H,19,23). The zero-order valence-corrected chi connectivity index (χ0v) is 17.2. The number of hydrogen-bond donors (Lipinski definition) is 3. The summed E-state index contributed by atoms with van der Waals surface area (Å²) in [5.41, 5.74) is 0.326. The monoisotopic (exact) mass is 544 g/mol. The van der Waals surface area contributed by atoms with Gasteiger partial charge in [-0.2, -0.15) is 0 Å². The lowest BCUT2D eigenvalue weighted by Gasteiger charge is -2.34. The van der Waals surface area contributed by atoms with E-state index >= 15 is 0 Å². The van der Waals surface area contributed by atoms with E-state index in [1.807, 2.05) is 28.7 Å². The van der Waals surface area contributed by atoms with Gasteiger partial charge in [-0.1, -0.05) is 6.42 Å². The summed E-state index contributed by atoms with van der Waals surface area (Å²) in [7, 11) is 0. The predicted molar refractivity (Wildman–Crippen MR) is 107 cm³/mol. The predicted octanol–water partition coefficient (Wildman–Crippen LogP) is 2.57. The number of aliphatic hydroxyl groups is 1. The van der Waals surface area contributed by atoms with Crippen molar-refractivity contribution in [2.45, 2.75) is 31.7 Å². The molecule has 2 rings (SSSR count). The number of aliphatic hydroxyl groups excluding tert-OH is 1. The van der Waals surface area contributed by atoms with Gasteiger partial charge >= 0.3 is 0 Å². The Morgan fingerprint density at radius 1 is 1.35 bits per heavy atom. The molecular formula is C16H22I2N2O3. The van der Waals surface area contributed by atoms with Gasteiger partial charge in [-0.05, 0) is 83.1 Å². The molecule has 0 bridgehead atoms. The van der Waals surface area contributed by atoms with Gasteiger partial charge in [0.1, 0.15) is 5.75 Å². The molecule has 1 atom stereocenters. The number of amides is 1. The van der Waals surface area contributed by atoms with Crippen LogP contribution < -0.4 is 5.32 Å². The Labute approximate surface area is 164 Å². The van der Waals surface area contributed by atoms with Crippen LogP contribution >= 0.6 is 45.2 Å². The van der Waals surface area contributed by atoms with E-state index in [1.54, 1.807) is 6.07 Å². The van der Waals surface area contributed by atoms with Crippen LogP contribution in [0.5, 0.6) is 5.75 Å². The second kappa shape index (κ2) is 9.38. The molecule has 0 radical (unpaired) electrons. The molecule has 1 aliphatic heterocycles. The molecule has 1 fully saturated rings. The Kier molecular flexibility index (Phi) is 7.83. The molecule has 0 spiro atoms. The van der Waals surface area contributed by atoms with Crippen molar-refractivity contribution in [3.8, 4) is 5.75 Å². The van der Waals surface area contributed by atoms with Crippen LogP contribution in [-0.2, 0) is 0 Å². The van der Waals surface area contributed by atoms with Gasteiger partial charge in [0.2, 0.25) is 0 Å². The highest BCUT2D eigenvalue weighted by Gasteiger charge is 2.21. The molecule has 3 N–H and O–H groups in total. The number of carbonyl (C=O) groups is 1. The van der Waals surface area contributed by atoms with Crippen LogP contribution in [0.4, 0.5) is 0 Å². The Hall–Kier alpha value is -0.130. The third-order valence-electron chi connectivity index (χ3n) is 4.14. The average molecular weight is 544 g/mol. The summed E-state index contributed by atoms with van der Waals surface area (Å²) in [5.74, 6) is -0.198. The SMILES string of the molecule is O=C(NCCCN1CCCCC1CO)c1cc(I)cc(I)c1O. The van der Waals surface area contributed by atoms with Crippen LogP contribution in [0, 0.1) is 7.14 Å². The zero-order chi connectivity index (χ0) is 16.8. The molecule has 23 heavy (non-hydrogen) atoms.